The van der Waals surface area contributed by atoms with Crippen molar-refractivity contribution in [1.82, 2.24) is 14.9 Å². The predicted octanol–water partition coefficient (Wildman–Crippen LogP) is 5.97. The highest BCUT2D eigenvalue weighted by Gasteiger charge is 2.25. The summed E-state index contributed by atoms with van der Waals surface area (Å²) in [5.74, 6) is 0.833. The van der Waals surface area contributed by atoms with E-state index in [4.69, 9.17) is 21.3 Å². The zero-order chi connectivity index (χ0) is 24.6. The Labute approximate surface area is 218 Å². The minimum Gasteiger partial charge on any atom is -0.496 e. The number of thiophene rings is 1. The first-order chi connectivity index (χ1) is 17.6. The van der Waals surface area contributed by atoms with E-state index in [1.807, 2.05) is 48.5 Å². The molecule has 0 spiro atoms. The Bertz CT molecular complexity index is 1640. The number of halogens is 1. The van der Waals surface area contributed by atoms with Gasteiger partial charge in [-0.25, -0.2) is 4.98 Å². The molecule has 7 heteroatoms. The maximum absolute atomic E-state index is 13.6. The lowest BCUT2D eigenvalue weighted by atomic mass is 9.93. The molecule has 0 saturated carbocycles. The molecule has 6 rings (SSSR count). The maximum atomic E-state index is 13.6. The van der Waals surface area contributed by atoms with Gasteiger partial charge in [-0.1, -0.05) is 60.1 Å². The monoisotopic (exact) mass is 515 g/mol. The Balaban J connectivity index is 1.28. The van der Waals surface area contributed by atoms with Gasteiger partial charge in [-0.2, -0.15) is 0 Å². The second-order valence-corrected chi connectivity index (χ2v) is 10.7. The highest BCUT2D eigenvalue weighted by Crippen LogP contribution is 2.34. The van der Waals surface area contributed by atoms with Crippen molar-refractivity contribution in [2.24, 2.45) is 0 Å². The van der Waals surface area contributed by atoms with Gasteiger partial charge in [0.05, 0.1) is 25.4 Å². The number of hydrogen-bond acceptors (Lipinski definition) is 5. The van der Waals surface area contributed by atoms with Crippen LogP contribution in [0.25, 0.3) is 21.0 Å². The summed E-state index contributed by atoms with van der Waals surface area (Å²) in [5.41, 5.74) is 3.40. The maximum Gasteiger partial charge on any atom is 0.262 e. The van der Waals surface area contributed by atoms with E-state index < -0.39 is 0 Å². The lowest BCUT2D eigenvalue weighted by Crippen LogP contribution is -2.34. The van der Waals surface area contributed by atoms with Gasteiger partial charge in [-0.05, 0) is 53.5 Å². The molecule has 0 radical (unpaired) electrons. The van der Waals surface area contributed by atoms with E-state index >= 15 is 0 Å². The van der Waals surface area contributed by atoms with Crippen LogP contribution in [0.5, 0.6) is 5.75 Å². The van der Waals surface area contributed by atoms with Crippen LogP contribution < -0.4 is 15.6 Å². The smallest absolute Gasteiger partial charge is 0.262 e. The molecule has 1 aliphatic rings. The van der Waals surface area contributed by atoms with E-state index in [0.29, 0.717) is 12.6 Å². The summed E-state index contributed by atoms with van der Waals surface area (Å²) >= 11 is 7.98. The number of aromatic nitrogens is 2. The topological polar surface area (TPSA) is 56.2 Å². The van der Waals surface area contributed by atoms with Gasteiger partial charge < -0.3 is 10.1 Å². The van der Waals surface area contributed by atoms with Crippen LogP contribution in [-0.2, 0) is 25.9 Å². The van der Waals surface area contributed by atoms with Crippen molar-refractivity contribution in [2.45, 2.75) is 38.4 Å². The Morgan fingerprint density at radius 2 is 1.89 bits per heavy atom. The average Bonchev–Trinajstić information content (AvgIpc) is 3.28. The lowest BCUT2D eigenvalue weighted by molar-refractivity contribution is 0.419. The SMILES string of the molecule is COc1ccc(Cn2cnc3sc4c(c3c2=O)CCC(NCc2ccccc2Cl)C4)c2ccccc12. The van der Waals surface area contributed by atoms with E-state index in [9.17, 15) is 4.79 Å². The minimum atomic E-state index is 0.0416. The van der Waals surface area contributed by atoms with Gasteiger partial charge in [-0.15, -0.1) is 11.3 Å². The highest BCUT2D eigenvalue weighted by molar-refractivity contribution is 7.18. The normalized spacial score (nSPS) is 15.3. The first-order valence-corrected chi connectivity index (χ1v) is 13.3. The molecule has 5 aromatic rings. The molecule has 1 aliphatic carbocycles. The molecule has 1 atom stereocenters. The number of ether oxygens (including phenoxy) is 1. The van der Waals surface area contributed by atoms with Crippen molar-refractivity contribution in [3.05, 3.63) is 104 Å². The van der Waals surface area contributed by atoms with Crippen LogP contribution in [0.4, 0.5) is 0 Å². The van der Waals surface area contributed by atoms with Crippen molar-refractivity contribution >= 4 is 43.9 Å². The quantitative estimate of drug-likeness (QED) is 0.303. The minimum absolute atomic E-state index is 0.0416. The van der Waals surface area contributed by atoms with Gasteiger partial charge >= 0.3 is 0 Å². The fraction of sp³-hybridized carbons (Fsp3) is 0.241. The number of nitrogens with one attached hydrogen (secondary N) is 1. The molecule has 1 unspecified atom stereocenters. The molecule has 182 valence electrons. The molecule has 0 amide bonds. The molecule has 2 aromatic heterocycles. The molecular formula is C29H26ClN3O2S. The molecule has 0 fully saturated rings. The molecule has 0 saturated heterocycles. The number of aryl methyl sites for hydroxylation is 1. The Kier molecular flexibility index (Phi) is 6.25. The molecule has 2 heterocycles. The standard InChI is InChI=1S/C29H26ClN3O2S/c1-35-25-13-10-19(21-7-3-4-8-22(21)25)16-33-17-32-28-27(29(33)34)23-12-11-20(14-26(23)36-28)31-15-18-6-2-5-9-24(18)30/h2-10,13,17,20,31H,11-12,14-16H2,1H3. The highest BCUT2D eigenvalue weighted by atomic mass is 35.5. The van der Waals surface area contributed by atoms with Crippen molar-refractivity contribution in [3.8, 4) is 5.75 Å². The summed E-state index contributed by atoms with van der Waals surface area (Å²) in [7, 11) is 1.68. The van der Waals surface area contributed by atoms with Crippen LogP contribution in [0.3, 0.4) is 0 Å². The van der Waals surface area contributed by atoms with E-state index in [2.05, 4.69) is 17.4 Å². The summed E-state index contributed by atoms with van der Waals surface area (Å²) < 4.78 is 7.27. The fourth-order valence-electron chi connectivity index (χ4n) is 5.22. The number of rotatable bonds is 6. The molecule has 0 aliphatic heterocycles. The van der Waals surface area contributed by atoms with Gasteiger partial charge in [0.2, 0.25) is 0 Å². The van der Waals surface area contributed by atoms with E-state index in [-0.39, 0.29) is 5.56 Å². The van der Waals surface area contributed by atoms with Gasteiger partial charge in [0, 0.05) is 27.9 Å². The Hall–Kier alpha value is -3.19. The third-order valence-electron chi connectivity index (χ3n) is 7.11. The van der Waals surface area contributed by atoms with Crippen molar-refractivity contribution in [1.29, 1.82) is 0 Å². The Morgan fingerprint density at radius 3 is 2.72 bits per heavy atom. The van der Waals surface area contributed by atoms with Gasteiger partial charge in [0.1, 0.15) is 10.6 Å². The van der Waals surface area contributed by atoms with Gasteiger partial charge in [0.15, 0.2) is 0 Å². The molecule has 1 N–H and O–H groups in total. The molecule has 0 bridgehead atoms. The second kappa shape index (κ2) is 9.69. The summed E-state index contributed by atoms with van der Waals surface area (Å²) in [5, 5.41) is 7.37. The van der Waals surface area contributed by atoms with E-state index in [1.165, 1.54) is 10.4 Å². The predicted molar refractivity (Wildman–Crippen MR) is 148 cm³/mol. The molecule has 36 heavy (non-hydrogen) atoms. The largest absolute Gasteiger partial charge is 0.496 e. The van der Waals surface area contributed by atoms with Gasteiger partial charge in [0.25, 0.3) is 5.56 Å². The number of benzene rings is 3. The number of methoxy groups -OCH3 is 1. The second-order valence-electron chi connectivity index (χ2n) is 9.25. The lowest BCUT2D eigenvalue weighted by Gasteiger charge is -2.23. The Morgan fingerprint density at radius 1 is 1.08 bits per heavy atom. The van der Waals surface area contributed by atoms with E-state index in [1.54, 1.807) is 29.3 Å². The molecular weight excluding hydrogens is 490 g/mol. The van der Waals surface area contributed by atoms with Crippen LogP contribution in [0.2, 0.25) is 5.02 Å². The summed E-state index contributed by atoms with van der Waals surface area (Å²) in [4.78, 5) is 20.4. The first-order valence-electron chi connectivity index (χ1n) is 12.1. The zero-order valence-electron chi connectivity index (χ0n) is 20.0. The van der Waals surface area contributed by atoms with Crippen LogP contribution in [-0.4, -0.2) is 22.7 Å². The molecule has 3 aromatic carbocycles. The number of nitrogens with zero attached hydrogens (tertiary/aromatic N) is 2. The van der Waals surface area contributed by atoms with Crippen LogP contribution in [0.15, 0.2) is 71.8 Å². The van der Waals surface area contributed by atoms with Crippen molar-refractivity contribution in [3.63, 3.8) is 0 Å². The summed E-state index contributed by atoms with van der Waals surface area (Å²) in [6.07, 6.45) is 4.46. The number of fused-ring (bicyclic) bond motifs is 4. The summed E-state index contributed by atoms with van der Waals surface area (Å²) in [6, 6.07) is 20.5. The number of hydrogen-bond donors (Lipinski definition) is 1. The van der Waals surface area contributed by atoms with Crippen molar-refractivity contribution in [2.75, 3.05) is 7.11 Å². The van der Waals surface area contributed by atoms with E-state index in [0.717, 1.165) is 68.7 Å². The zero-order valence-corrected chi connectivity index (χ0v) is 21.5. The van der Waals surface area contributed by atoms with Crippen LogP contribution in [0.1, 0.15) is 28.0 Å². The third-order valence-corrected chi connectivity index (χ3v) is 8.64. The van der Waals surface area contributed by atoms with Crippen molar-refractivity contribution < 1.29 is 4.74 Å². The fourth-order valence-corrected chi connectivity index (χ4v) is 6.68. The van der Waals surface area contributed by atoms with Gasteiger partial charge in [-0.3, -0.25) is 9.36 Å². The average molecular weight is 516 g/mol. The molecule has 5 nitrogen and oxygen atoms in total. The third kappa shape index (κ3) is 4.19. The summed E-state index contributed by atoms with van der Waals surface area (Å²) in [6.45, 7) is 1.21. The first kappa shape index (κ1) is 23.2. The van der Waals surface area contributed by atoms with Crippen LogP contribution in [0, 0.1) is 0 Å². The van der Waals surface area contributed by atoms with Crippen LogP contribution >= 0.6 is 22.9 Å².